The first kappa shape index (κ1) is 22.2. The van der Waals surface area contributed by atoms with Gasteiger partial charge in [0.05, 0.1) is 17.6 Å². The van der Waals surface area contributed by atoms with Crippen molar-refractivity contribution in [2.75, 3.05) is 29.5 Å². The lowest BCUT2D eigenvalue weighted by Gasteiger charge is -2.20. The molecule has 2 fully saturated rings. The van der Waals surface area contributed by atoms with Crippen LogP contribution in [0.5, 0.6) is 0 Å². The lowest BCUT2D eigenvalue weighted by atomic mass is 9.96. The van der Waals surface area contributed by atoms with Crippen molar-refractivity contribution in [1.29, 1.82) is 0 Å². The summed E-state index contributed by atoms with van der Waals surface area (Å²) in [5.41, 5.74) is 0.951. The second kappa shape index (κ2) is 7.85. The minimum absolute atomic E-state index is 0.122. The van der Waals surface area contributed by atoms with Gasteiger partial charge in [0.15, 0.2) is 5.13 Å². The van der Waals surface area contributed by atoms with E-state index in [-0.39, 0.29) is 18.4 Å². The largest absolute Gasteiger partial charge is 0.325 e. The van der Waals surface area contributed by atoms with Crippen molar-refractivity contribution in [3.05, 3.63) is 29.6 Å². The number of thiazole rings is 1. The highest BCUT2D eigenvalue weighted by atomic mass is 32.2. The van der Waals surface area contributed by atoms with Crippen LogP contribution in [0.2, 0.25) is 0 Å². The summed E-state index contributed by atoms with van der Waals surface area (Å²) in [6.07, 6.45) is 2.90. The second-order valence-corrected chi connectivity index (χ2v) is 11.0. The van der Waals surface area contributed by atoms with E-state index in [4.69, 9.17) is 0 Å². The summed E-state index contributed by atoms with van der Waals surface area (Å²) in [6, 6.07) is 6.26. The highest BCUT2D eigenvalue weighted by molar-refractivity contribution is 7.92. The van der Waals surface area contributed by atoms with Crippen LogP contribution < -0.4 is 14.9 Å². The van der Waals surface area contributed by atoms with Crippen molar-refractivity contribution >= 4 is 50.0 Å². The van der Waals surface area contributed by atoms with Crippen LogP contribution in [0.25, 0.3) is 11.3 Å². The van der Waals surface area contributed by atoms with E-state index >= 15 is 0 Å². The molecule has 10 nitrogen and oxygen atoms in total. The predicted octanol–water partition coefficient (Wildman–Crippen LogP) is 1.86. The molecule has 0 bridgehead atoms. The second-order valence-electron chi connectivity index (χ2n) is 8.16. The van der Waals surface area contributed by atoms with E-state index in [1.165, 1.54) is 22.7 Å². The Kier molecular flexibility index (Phi) is 5.45. The number of carbonyl (C=O) groups excluding carboxylic acids is 3. The van der Waals surface area contributed by atoms with Crippen LogP contribution in [0, 0.1) is 5.92 Å². The molecule has 1 saturated heterocycles. The molecule has 170 valence electrons. The van der Waals surface area contributed by atoms with Crippen molar-refractivity contribution in [3.8, 4) is 11.3 Å². The van der Waals surface area contributed by atoms with Gasteiger partial charge in [0, 0.05) is 18.0 Å². The van der Waals surface area contributed by atoms with Gasteiger partial charge < -0.3 is 10.6 Å². The van der Waals surface area contributed by atoms with Gasteiger partial charge >= 0.3 is 6.03 Å². The van der Waals surface area contributed by atoms with E-state index < -0.39 is 27.5 Å². The molecule has 0 spiro atoms. The van der Waals surface area contributed by atoms with Crippen molar-refractivity contribution < 1.29 is 22.8 Å². The smallest absolute Gasteiger partial charge is 0.323 e. The van der Waals surface area contributed by atoms with Crippen LogP contribution in [0.4, 0.5) is 15.6 Å². The number of carbonyl (C=O) groups is 3. The van der Waals surface area contributed by atoms with E-state index in [1.54, 1.807) is 36.6 Å². The van der Waals surface area contributed by atoms with Crippen molar-refractivity contribution in [2.24, 2.45) is 5.92 Å². The number of amides is 4. The number of anilines is 2. The molecule has 2 aromatic rings. The van der Waals surface area contributed by atoms with Gasteiger partial charge in [-0.05, 0) is 37.8 Å². The lowest BCUT2D eigenvalue weighted by molar-refractivity contribution is -0.134. The summed E-state index contributed by atoms with van der Waals surface area (Å²) in [4.78, 5) is 42.6. The third-order valence-corrected chi connectivity index (χ3v) is 7.73. The molecular weight excluding hydrogens is 454 g/mol. The number of benzene rings is 1. The van der Waals surface area contributed by atoms with Crippen LogP contribution in [0.15, 0.2) is 29.6 Å². The minimum Gasteiger partial charge on any atom is -0.323 e. The van der Waals surface area contributed by atoms with Gasteiger partial charge in [-0.25, -0.2) is 18.2 Å². The van der Waals surface area contributed by atoms with Crippen LogP contribution in [-0.4, -0.2) is 61.5 Å². The van der Waals surface area contributed by atoms with Gasteiger partial charge in [0.2, 0.25) is 15.9 Å². The Morgan fingerprint density at radius 3 is 2.56 bits per heavy atom. The van der Waals surface area contributed by atoms with Gasteiger partial charge in [-0.15, -0.1) is 11.3 Å². The minimum atomic E-state index is -3.35. The summed E-state index contributed by atoms with van der Waals surface area (Å²) in [5, 5.41) is 7.43. The molecule has 1 atom stereocenters. The van der Waals surface area contributed by atoms with E-state index in [0.717, 1.165) is 29.6 Å². The van der Waals surface area contributed by atoms with Crippen molar-refractivity contribution in [2.45, 2.75) is 25.3 Å². The number of rotatable bonds is 7. The fourth-order valence-electron chi connectivity index (χ4n) is 3.60. The summed E-state index contributed by atoms with van der Waals surface area (Å²) >= 11 is 1.21. The Morgan fingerprint density at radius 2 is 1.97 bits per heavy atom. The molecule has 0 unspecified atom stereocenters. The standard InChI is InChI=1S/C20H23N5O5S2/c1-20(13-6-7-13)17(27)25(19(28)23-20)10-16(26)22-18-21-15(11-31-18)12-4-8-14(9-5-12)24(2)32(3,29)30/h4-5,8-9,11,13H,6-7,10H2,1-3H3,(H,23,28)(H,21,22,26)/t20-/m0/s1. The number of urea groups is 1. The molecule has 2 N–H and O–H groups in total. The molecule has 1 aliphatic carbocycles. The third-order valence-electron chi connectivity index (χ3n) is 5.77. The quantitative estimate of drug-likeness (QED) is 0.586. The number of hydrogen-bond donors (Lipinski definition) is 2. The summed E-state index contributed by atoms with van der Waals surface area (Å²) in [7, 11) is -1.88. The Hall–Kier alpha value is -2.99. The highest BCUT2D eigenvalue weighted by Gasteiger charge is 2.56. The Bertz CT molecular complexity index is 1190. The van der Waals surface area contributed by atoms with Gasteiger partial charge in [0.25, 0.3) is 5.91 Å². The maximum absolute atomic E-state index is 12.6. The first-order valence-electron chi connectivity index (χ1n) is 9.93. The van der Waals surface area contributed by atoms with Gasteiger partial charge in [-0.1, -0.05) is 12.1 Å². The Morgan fingerprint density at radius 1 is 1.31 bits per heavy atom. The topological polar surface area (TPSA) is 129 Å². The molecule has 12 heteroatoms. The normalized spacial score (nSPS) is 20.9. The monoisotopic (exact) mass is 477 g/mol. The number of aromatic nitrogens is 1. The molecule has 1 aromatic heterocycles. The summed E-state index contributed by atoms with van der Waals surface area (Å²) in [5.74, 6) is -0.768. The van der Waals surface area contributed by atoms with Crippen molar-refractivity contribution in [3.63, 3.8) is 0 Å². The number of hydrogen-bond acceptors (Lipinski definition) is 7. The first-order valence-corrected chi connectivity index (χ1v) is 12.7. The molecule has 1 aromatic carbocycles. The van der Waals surface area contributed by atoms with Crippen LogP contribution in [-0.2, 0) is 19.6 Å². The average Bonchev–Trinajstić information content (AvgIpc) is 3.46. The molecule has 4 amide bonds. The summed E-state index contributed by atoms with van der Waals surface area (Å²) in [6.45, 7) is 1.32. The number of imide groups is 1. The molecule has 2 heterocycles. The van der Waals surface area contributed by atoms with Gasteiger partial charge in [-0.2, -0.15) is 0 Å². The molecule has 2 aliphatic rings. The Balaban J connectivity index is 1.40. The average molecular weight is 478 g/mol. The molecule has 32 heavy (non-hydrogen) atoms. The molecule has 0 radical (unpaired) electrons. The Labute approximate surface area is 189 Å². The van der Waals surface area contributed by atoms with Crippen LogP contribution >= 0.6 is 11.3 Å². The zero-order chi connectivity index (χ0) is 23.3. The fraction of sp³-hybridized carbons (Fsp3) is 0.400. The predicted molar refractivity (Wildman–Crippen MR) is 121 cm³/mol. The van der Waals surface area contributed by atoms with Crippen molar-refractivity contribution in [1.82, 2.24) is 15.2 Å². The molecule has 4 rings (SSSR count). The molecule has 1 aliphatic heterocycles. The van der Waals surface area contributed by atoms with E-state index in [9.17, 15) is 22.8 Å². The zero-order valence-electron chi connectivity index (χ0n) is 17.8. The maximum Gasteiger partial charge on any atom is 0.325 e. The van der Waals surface area contributed by atoms with E-state index in [0.29, 0.717) is 16.5 Å². The fourth-order valence-corrected chi connectivity index (χ4v) is 4.84. The number of nitrogens with one attached hydrogen (secondary N) is 2. The first-order chi connectivity index (χ1) is 15.0. The van der Waals surface area contributed by atoms with Crippen LogP contribution in [0.3, 0.4) is 0 Å². The number of sulfonamides is 1. The molecular formula is C20H23N5O5S2. The van der Waals surface area contributed by atoms with Gasteiger partial charge in [0.1, 0.15) is 12.1 Å². The van der Waals surface area contributed by atoms with E-state index in [2.05, 4.69) is 15.6 Å². The number of nitrogens with zero attached hydrogens (tertiary/aromatic N) is 3. The maximum atomic E-state index is 12.6. The van der Waals surface area contributed by atoms with E-state index in [1.807, 2.05) is 0 Å². The third kappa shape index (κ3) is 4.19. The van der Waals surface area contributed by atoms with Gasteiger partial charge in [-0.3, -0.25) is 18.8 Å². The zero-order valence-corrected chi connectivity index (χ0v) is 19.4. The lowest BCUT2D eigenvalue weighted by Crippen LogP contribution is -2.46. The SMILES string of the molecule is CN(c1ccc(-c2csc(NC(=O)CN3C(=O)N[C@@](C)(C4CC4)C3=O)n2)cc1)S(C)(=O)=O. The highest BCUT2D eigenvalue weighted by Crippen LogP contribution is 2.42. The summed E-state index contributed by atoms with van der Waals surface area (Å²) < 4.78 is 24.5. The van der Waals surface area contributed by atoms with Crippen LogP contribution in [0.1, 0.15) is 19.8 Å². The molecule has 1 saturated carbocycles.